The lowest BCUT2D eigenvalue weighted by atomic mass is 10.1. The molecule has 0 unspecified atom stereocenters. The topological polar surface area (TPSA) is 28.4 Å². The lowest BCUT2D eigenvalue weighted by molar-refractivity contribution is 0.225. The summed E-state index contributed by atoms with van der Waals surface area (Å²) in [6, 6.07) is 8.30. The Hall–Kier alpha value is -1.32. The summed E-state index contributed by atoms with van der Waals surface area (Å²) in [4.78, 5) is 2.60. The number of nitrogens with zero attached hydrogens (tertiary/aromatic N) is 1. The molecule has 1 fully saturated rings. The fourth-order valence-corrected chi connectivity index (χ4v) is 3.26. The number of piperidine rings is 1. The summed E-state index contributed by atoms with van der Waals surface area (Å²) in [6.45, 7) is 7.87. The molecule has 1 aliphatic rings. The molecule has 1 aromatic heterocycles. The van der Waals surface area contributed by atoms with Crippen molar-refractivity contribution in [1.82, 2.24) is 10.2 Å². The number of benzene rings is 1. The average molecular weight is 286 g/mol. The summed E-state index contributed by atoms with van der Waals surface area (Å²) >= 11 is 0. The number of aryl methyl sites for hydroxylation is 1. The van der Waals surface area contributed by atoms with Gasteiger partial charge in [0.2, 0.25) is 0 Å². The maximum atomic E-state index is 5.80. The highest BCUT2D eigenvalue weighted by Gasteiger charge is 2.11. The largest absolute Gasteiger partial charge is 0.461 e. The minimum Gasteiger partial charge on any atom is -0.461 e. The lowest BCUT2D eigenvalue weighted by Crippen LogP contribution is -2.32. The Morgan fingerprint density at radius 2 is 1.95 bits per heavy atom. The van der Waals surface area contributed by atoms with E-state index in [1.165, 1.54) is 56.3 Å². The quantitative estimate of drug-likeness (QED) is 0.821. The van der Waals surface area contributed by atoms with Crippen LogP contribution in [0, 0.1) is 6.92 Å². The number of hydrogen-bond donors (Lipinski definition) is 1. The predicted octanol–water partition coefficient (Wildman–Crippen LogP) is 3.71. The van der Waals surface area contributed by atoms with Gasteiger partial charge in [-0.25, -0.2) is 0 Å². The van der Waals surface area contributed by atoms with Crippen molar-refractivity contribution in [1.29, 1.82) is 0 Å². The smallest absolute Gasteiger partial charge is 0.134 e. The predicted molar refractivity (Wildman–Crippen MR) is 87.6 cm³/mol. The van der Waals surface area contributed by atoms with E-state index in [2.05, 4.69) is 29.3 Å². The van der Waals surface area contributed by atoms with Crippen LogP contribution in [0.2, 0.25) is 0 Å². The highest BCUT2D eigenvalue weighted by Crippen LogP contribution is 2.24. The Bertz CT molecular complexity index is 570. The number of fused-ring (bicyclic) bond motifs is 1. The molecule has 0 amide bonds. The van der Waals surface area contributed by atoms with E-state index >= 15 is 0 Å². The van der Waals surface area contributed by atoms with Gasteiger partial charge in [-0.05, 0) is 58.4 Å². The van der Waals surface area contributed by atoms with Gasteiger partial charge in [0.15, 0.2) is 0 Å². The number of furan rings is 1. The summed E-state index contributed by atoms with van der Waals surface area (Å²) < 4.78 is 5.80. The third-order valence-corrected chi connectivity index (χ3v) is 4.48. The number of nitrogens with one attached hydrogen (secondary N) is 1. The average Bonchev–Trinajstić information content (AvgIpc) is 2.84. The summed E-state index contributed by atoms with van der Waals surface area (Å²) in [5.74, 6) is 1.04. The minimum atomic E-state index is 0.906. The molecule has 3 nitrogen and oxygen atoms in total. The van der Waals surface area contributed by atoms with Crippen molar-refractivity contribution in [3.05, 3.63) is 35.6 Å². The Balaban J connectivity index is 1.45. The van der Waals surface area contributed by atoms with E-state index in [-0.39, 0.29) is 0 Å². The SMILES string of the molecule is Cc1oc2ccccc2c1CNCCCN1CCCCC1. The molecule has 2 heterocycles. The first kappa shape index (κ1) is 14.6. The Labute approximate surface area is 127 Å². The maximum Gasteiger partial charge on any atom is 0.134 e. The minimum absolute atomic E-state index is 0.906. The number of para-hydroxylation sites is 1. The molecule has 0 bridgehead atoms. The number of rotatable bonds is 6. The number of likely N-dealkylation sites (tertiary alicyclic amines) is 1. The first-order chi connectivity index (χ1) is 10.3. The Kier molecular flexibility index (Phi) is 4.94. The Morgan fingerprint density at radius 3 is 2.81 bits per heavy atom. The van der Waals surface area contributed by atoms with Crippen LogP contribution in [0.15, 0.2) is 28.7 Å². The van der Waals surface area contributed by atoms with Gasteiger partial charge in [0.05, 0.1) is 0 Å². The second kappa shape index (κ2) is 7.10. The van der Waals surface area contributed by atoms with E-state index in [1.54, 1.807) is 0 Å². The van der Waals surface area contributed by atoms with Crippen LogP contribution in [0.1, 0.15) is 37.0 Å². The Morgan fingerprint density at radius 1 is 1.14 bits per heavy atom. The van der Waals surface area contributed by atoms with E-state index in [4.69, 9.17) is 4.42 Å². The first-order valence-corrected chi connectivity index (χ1v) is 8.24. The van der Waals surface area contributed by atoms with Gasteiger partial charge in [-0.15, -0.1) is 0 Å². The molecule has 0 aliphatic carbocycles. The zero-order chi connectivity index (χ0) is 14.5. The molecule has 0 radical (unpaired) electrons. The van der Waals surface area contributed by atoms with Crippen LogP contribution >= 0.6 is 0 Å². The third kappa shape index (κ3) is 3.66. The van der Waals surface area contributed by atoms with Crippen molar-refractivity contribution in [3.8, 4) is 0 Å². The van der Waals surface area contributed by atoms with Crippen LogP contribution in [0.3, 0.4) is 0 Å². The van der Waals surface area contributed by atoms with Gasteiger partial charge in [-0.1, -0.05) is 24.6 Å². The van der Waals surface area contributed by atoms with E-state index in [9.17, 15) is 0 Å². The highest BCUT2D eigenvalue weighted by atomic mass is 16.3. The molecule has 1 N–H and O–H groups in total. The fraction of sp³-hybridized carbons (Fsp3) is 0.556. The van der Waals surface area contributed by atoms with E-state index < -0.39 is 0 Å². The van der Waals surface area contributed by atoms with E-state index in [0.717, 1.165) is 24.4 Å². The van der Waals surface area contributed by atoms with Crippen LogP contribution < -0.4 is 5.32 Å². The normalized spacial score (nSPS) is 16.6. The van der Waals surface area contributed by atoms with Crippen LogP contribution in [0.4, 0.5) is 0 Å². The summed E-state index contributed by atoms with van der Waals surface area (Å²) in [5, 5.41) is 4.82. The zero-order valence-corrected chi connectivity index (χ0v) is 13.0. The van der Waals surface area contributed by atoms with Crippen molar-refractivity contribution in [2.24, 2.45) is 0 Å². The standard InChI is InChI=1S/C18H26N2O/c1-15-17(16-8-3-4-9-18(16)21-15)14-19-10-7-13-20-11-5-2-6-12-20/h3-4,8-9,19H,2,5-7,10-14H2,1H3. The molecule has 2 aromatic rings. The van der Waals surface area contributed by atoms with Gasteiger partial charge >= 0.3 is 0 Å². The molecule has 0 atom stereocenters. The molecular formula is C18H26N2O. The highest BCUT2D eigenvalue weighted by molar-refractivity contribution is 5.82. The molecule has 1 aromatic carbocycles. The van der Waals surface area contributed by atoms with Crippen molar-refractivity contribution in [3.63, 3.8) is 0 Å². The van der Waals surface area contributed by atoms with Gasteiger partial charge < -0.3 is 14.6 Å². The van der Waals surface area contributed by atoms with Gasteiger partial charge in [0, 0.05) is 17.5 Å². The molecule has 1 saturated heterocycles. The van der Waals surface area contributed by atoms with Gasteiger partial charge in [-0.3, -0.25) is 0 Å². The van der Waals surface area contributed by atoms with Crippen LogP contribution in [0.25, 0.3) is 11.0 Å². The van der Waals surface area contributed by atoms with Crippen molar-refractivity contribution >= 4 is 11.0 Å². The second-order valence-corrected chi connectivity index (χ2v) is 6.07. The van der Waals surface area contributed by atoms with Crippen molar-refractivity contribution in [2.75, 3.05) is 26.2 Å². The molecular weight excluding hydrogens is 260 g/mol. The van der Waals surface area contributed by atoms with E-state index in [1.807, 2.05) is 12.1 Å². The molecule has 3 rings (SSSR count). The van der Waals surface area contributed by atoms with Crippen LogP contribution in [0.5, 0.6) is 0 Å². The second-order valence-electron chi connectivity index (χ2n) is 6.07. The zero-order valence-electron chi connectivity index (χ0n) is 13.0. The van der Waals surface area contributed by atoms with E-state index in [0.29, 0.717) is 0 Å². The van der Waals surface area contributed by atoms with Gasteiger partial charge in [0.25, 0.3) is 0 Å². The molecule has 0 spiro atoms. The fourth-order valence-electron chi connectivity index (χ4n) is 3.26. The van der Waals surface area contributed by atoms with Crippen molar-refractivity contribution < 1.29 is 4.42 Å². The summed E-state index contributed by atoms with van der Waals surface area (Å²) in [5.41, 5.74) is 2.31. The molecule has 1 aliphatic heterocycles. The van der Waals surface area contributed by atoms with Crippen LogP contribution in [-0.4, -0.2) is 31.1 Å². The lowest BCUT2D eigenvalue weighted by Gasteiger charge is -2.26. The monoisotopic (exact) mass is 286 g/mol. The summed E-state index contributed by atoms with van der Waals surface area (Å²) in [7, 11) is 0. The van der Waals surface area contributed by atoms with Crippen LogP contribution in [-0.2, 0) is 6.54 Å². The number of hydrogen-bond acceptors (Lipinski definition) is 3. The molecule has 114 valence electrons. The summed E-state index contributed by atoms with van der Waals surface area (Å²) in [6.07, 6.45) is 5.41. The van der Waals surface area contributed by atoms with Gasteiger partial charge in [-0.2, -0.15) is 0 Å². The molecule has 0 saturated carbocycles. The first-order valence-electron chi connectivity index (χ1n) is 8.24. The molecule has 3 heteroatoms. The molecule has 21 heavy (non-hydrogen) atoms. The third-order valence-electron chi connectivity index (χ3n) is 4.48. The maximum absolute atomic E-state index is 5.80. The van der Waals surface area contributed by atoms with Gasteiger partial charge in [0.1, 0.15) is 11.3 Å². The van der Waals surface area contributed by atoms with Crippen molar-refractivity contribution in [2.45, 2.75) is 39.2 Å².